The largest absolute Gasteiger partial charge is 0.352 e. The molecule has 0 saturated carbocycles. The van der Waals surface area contributed by atoms with Crippen LogP contribution in [-0.2, 0) is 7.05 Å². The summed E-state index contributed by atoms with van der Waals surface area (Å²) in [5.41, 5.74) is 4.93. The fourth-order valence-corrected chi connectivity index (χ4v) is 2.12. The van der Waals surface area contributed by atoms with E-state index in [0.717, 1.165) is 16.8 Å². The molecule has 1 aromatic carbocycles. The fraction of sp³-hybridized carbons (Fsp3) is 0.188. The third-order valence-electron chi connectivity index (χ3n) is 3.39. The van der Waals surface area contributed by atoms with Gasteiger partial charge in [0.2, 0.25) is 0 Å². The lowest BCUT2D eigenvalue weighted by Crippen LogP contribution is -1.92. The van der Waals surface area contributed by atoms with Gasteiger partial charge in [-0.15, -0.1) is 0 Å². The Morgan fingerprint density at radius 1 is 1.26 bits per heavy atom. The van der Waals surface area contributed by atoms with E-state index in [1.54, 1.807) is 12.1 Å². The molecular weight excluding hydrogens is 256 g/mol. The van der Waals surface area contributed by atoms with Crippen molar-refractivity contribution in [3.05, 3.63) is 57.9 Å². The van der Waals surface area contributed by atoms with E-state index < -0.39 is 0 Å². The molecule has 1 heterocycles. The number of allylic oxidation sites excluding steroid dienone is 1. The average Bonchev–Trinajstić information content (AvgIpc) is 2.65. The third kappa shape index (κ3) is 2.72. The minimum Gasteiger partial charge on any atom is -0.352 e. The lowest BCUT2D eigenvalue weighted by atomic mass is 10.0. The van der Waals surface area contributed by atoms with Gasteiger partial charge in [-0.2, -0.15) is 5.26 Å². The maximum Gasteiger partial charge on any atom is 0.0998 e. The second kappa shape index (κ2) is 5.34. The summed E-state index contributed by atoms with van der Waals surface area (Å²) in [5, 5.41) is 9.99. The smallest absolute Gasteiger partial charge is 0.0998 e. The van der Waals surface area contributed by atoms with Crippen LogP contribution in [0.2, 0.25) is 5.02 Å². The molecule has 0 aliphatic carbocycles. The molecule has 0 amide bonds. The van der Waals surface area contributed by atoms with Crippen molar-refractivity contribution in [1.29, 1.82) is 5.26 Å². The Morgan fingerprint density at radius 3 is 2.37 bits per heavy atom. The molecule has 19 heavy (non-hydrogen) atoms. The van der Waals surface area contributed by atoms with Crippen LogP contribution >= 0.6 is 11.6 Å². The quantitative estimate of drug-likeness (QED) is 0.746. The SMILES string of the molecule is Cc1cc(/C=C(\C#N)c2ccc(Cl)cc2)c(C)n1C. The fourth-order valence-electron chi connectivity index (χ4n) is 2.00. The number of hydrogen-bond acceptors (Lipinski definition) is 1. The number of benzene rings is 1. The van der Waals surface area contributed by atoms with Crippen molar-refractivity contribution in [2.75, 3.05) is 0 Å². The highest BCUT2D eigenvalue weighted by atomic mass is 35.5. The number of hydrogen-bond donors (Lipinski definition) is 0. The molecule has 3 heteroatoms. The lowest BCUT2D eigenvalue weighted by molar-refractivity contribution is 0.843. The molecule has 0 bridgehead atoms. The Balaban J connectivity index is 2.47. The van der Waals surface area contributed by atoms with Crippen molar-refractivity contribution >= 4 is 23.3 Å². The number of nitrogens with zero attached hydrogens (tertiary/aromatic N) is 2. The van der Waals surface area contributed by atoms with Gasteiger partial charge in [-0.25, -0.2) is 0 Å². The van der Waals surface area contributed by atoms with E-state index >= 15 is 0 Å². The minimum absolute atomic E-state index is 0.644. The molecule has 0 N–H and O–H groups in total. The summed E-state index contributed by atoms with van der Waals surface area (Å²) in [6, 6.07) is 11.7. The molecule has 1 aromatic heterocycles. The zero-order valence-electron chi connectivity index (χ0n) is 11.2. The first-order chi connectivity index (χ1) is 9.02. The van der Waals surface area contributed by atoms with Gasteiger partial charge in [0.05, 0.1) is 11.6 Å². The number of rotatable bonds is 2. The van der Waals surface area contributed by atoms with Gasteiger partial charge in [0, 0.05) is 23.5 Å². The molecule has 2 rings (SSSR count). The summed E-state index contributed by atoms with van der Waals surface area (Å²) in [4.78, 5) is 0. The second-order valence-corrected chi connectivity index (χ2v) is 5.00. The zero-order chi connectivity index (χ0) is 14.0. The molecule has 0 unspecified atom stereocenters. The van der Waals surface area contributed by atoms with Crippen molar-refractivity contribution in [1.82, 2.24) is 4.57 Å². The summed E-state index contributed by atoms with van der Waals surface area (Å²) in [6.07, 6.45) is 1.92. The molecule has 2 nitrogen and oxygen atoms in total. The molecule has 0 spiro atoms. The molecule has 0 aliphatic heterocycles. The highest BCUT2D eigenvalue weighted by Crippen LogP contribution is 2.22. The van der Waals surface area contributed by atoms with E-state index in [2.05, 4.69) is 30.6 Å². The van der Waals surface area contributed by atoms with Crippen LogP contribution in [0.25, 0.3) is 11.6 Å². The van der Waals surface area contributed by atoms with Crippen LogP contribution in [0.3, 0.4) is 0 Å². The summed E-state index contributed by atoms with van der Waals surface area (Å²) >= 11 is 5.86. The van der Waals surface area contributed by atoms with Crippen molar-refractivity contribution < 1.29 is 0 Å². The molecule has 0 atom stereocenters. The first-order valence-corrected chi connectivity index (χ1v) is 6.41. The first kappa shape index (κ1) is 13.5. The van der Waals surface area contributed by atoms with E-state index in [-0.39, 0.29) is 0 Å². The van der Waals surface area contributed by atoms with Crippen molar-refractivity contribution in [3.8, 4) is 6.07 Å². The second-order valence-electron chi connectivity index (χ2n) is 4.56. The van der Waals surface area contributed by atoms with E-state index in [1.807, 2.05) is 25.3 Å². The van der Waals surface area contributed by atoms with Crippen molar-refractivity contribution in [2.24, 2.45) is 7.05 Å². The van der Waals surface area contributed by atoms with Gasteiger partial charge >= 0.3 is 0 Å². The van der Waals surface area contributed by atoms with Crippen LogP contribution in [0.5, 0.6) is 0 Å². The zero-order valence-corrected chi connectivity index (χ0v) is 12.0. The molecule has 0 radical (unpaired) electrons. The normalized spacial score (nSPS) is 11.4. The number of nitriles is 1. The van der Waals surface area contributed by atoms with Gasteiger partial charge < -0.3 is 4.57 Å². The average molecular weight is 271 g/mol. The molecule has 2 aromatic rings. The first-order valence-electron chi connectivity index (χ1n) is 6.03. The predicted octanol–water partition coefficient (Wildman–Crippen LogP) is 4.36. The van der Waals surface area contributed by atoms with E-state index in [9.17, 15) is 5.26 Å². The van der Waals surface area contributed by atoms with E-state index in [0.29, 0.717) is 10.6 Å². The Kier molecular flexibility index (Phi) is 3.78. The maximum absolute atomic E-state index is 9.32. The highest BCUT2D eigenvalue weighted by molar-refractivity contribution is 6.30. The maximum atomic E-state index is 9.32. The van der Waals surface area contributed by atoms with Gasteiger partial charge in [-0.05, 0) is 49.2 Å². The van der Waals surface area contributed by atoms with Gasteiger partial charge in [0.25, 0.3) is 0 Å². The van der Waals surface area contributed by atoms with E-state index in [4.69, 9.17) is 11.6 Å². The Hall–Kier alpha value is -1.98. The third-order valence-corrected chi connectivity index (χ3v) is 3.64. The molecule has 0 aliphatic rings. The summed E-state index contributed by atoms with van der Waals surface area (Å²) in [5.74, 6) is 0. The van der Waals surface area contributed by atoms with Gasteiger partial charge in [0.1, 0.15) is 0 Å². The highest BCUT2D eigenvalue weighted by Gasteiger charge is 2.06. The van der Waals surface area contributed by atoms with Crippen LogP contribution in [0.1, 0.15) is 22.5 Å². The van der Waals surface area contributed by atoms with Crippen LogP contribution in [0.4, 0.5) is 0 Å². The number of halogens is 1. The lowest BCUT2D eigenvalue weighted by Gasteiger charge is -2.01. The van der Waals surface area contributed by atoms with E-state index in [1.165, 1.54) is 5.69 Å². The van der Waals surface area contributed by atoms with Crippen molar-refractivity contribution in [3.63, 3.8) is 0 Å². The number of aromatic nitrogens is 1. The van der Waals surface area contributed by atoms with Crippen molar-refractivity contribution in [2.45, 2.75) is 13.8 Å². The minimum atomic E-state index is 0.644. The van der Waals surface area contributed by atoms with Crippen LogP contribution in [-0.4, -0.2) is 4.57 Å². The Labute approximate surface area is 118 Å². The van der Waals surface area contributed by atoms with Crippen LogP contribution < -0.4 is 0 Å². The van der Waals surface area contributed by atoms with Gasteiger partial charge in [0.15, 0.2) is 0 Å². The topological polar surface area (TPSA) is 28.7 Å². The molecular formula is C16H15ClN2. The Bertz CT molecular complexity index is 670. The monoisotopic (exact) mass is 270 g/mol. The molecule has 0 saturated heterocycles. The number of aryl methyl sites for hydroxylation is 1. The summed E-state index contributed by atoms with van der Waals surface area (Å²) in [7, 11) is 2.02. The molecule has 96 valence electrons. The molecule has 0 fully saturated rings. The summed E-state index contributed by atoms with van der Waals surface area (Å²) < 4.78 is 2.11. The summed E-state index contributed by atoms with van der Waals surface area (Å²) in [6.45, 7) is 4.11. The van der Waals surface area contributed by atoms with Gasteiger partial charge in [-0.3, -0.25) is 0 Å². The predicted molar refractivity (Wildman–Crippen MR) is 79.8 cm³/mol. The van der Waals surface area contributed by atoms with Gasteiger partial charge in [-0.1, -0.05) is 23.7 Å². The van der Waals surface area contributed by atoms with Crippen LogP contribution in [0, 0.1) is 25.2 Å². The van der Waals surface area contributed by atoms with Crippen LogP contribution in [0.15, 0.2) is 30.3 Å². The Morgan fingerprint density at radius 2 is 1.89 bits per heavy atom. The standard InChI is InChI=1S/C16H15ClN2/c1-11-8-14(12(2)19(11)3)9-15(10-18)13-4-6-16(17)7-5-13/h4-9H,1-3H3/b15-9+.